The maximum Gasteiger partial charge on any atom is 0.208 e. The van der Waals surface area contributed by atoms with Crippen LogP contribution in [0.1, 0.15) is 18.5 Å². The first-order valence-corrected chi connectivity index (χ1v) is 9.03. The van der Waals surface area contributed by atoms with Crippen molar-refractivity contribution in [2.75, 3.05) is 19.3 Å². The van der Waals surface area contributed by atoms with E-state index in [2.05, 4.69) is 46.2 Å². The lowest BCUT2D eigenvalue weighted by molar-refractivity contribution is 0.556. The van der Waals surface area contributed by atoms with Gasteiger partial charge in [0.15, 0.2) is 0 Å². The molecular formula is C16H21N3O2S. The van der Waals surface area contributed by atoms with Crippen LogP contribution < -0.4 is 10.0 Å². The molecule has 0 unspecified atom stereocenters. The summed E-state index contributed by atoms with van der Waals surface area (Å²) in [5.41, 5.74) is 3.38. The van der Waals surface area contributed by atoms with Crippen molar-refractivity contribution in [3.8, 4) is 11.1 Å². The Bertz CT molecular complexity index is 685. The van der Waals surface area contributed by atoms with Crippen molar-refractivity contribution < 1.29 is 8.42 Å². The molecule has 1 heterocycles. The molecule has 1 aromatic carbocycles. The zero-order valence-corrected chi connectivity index (χ0v) is 13.6. The van der Waals surface area contributed by atoms with E-state index >= 15 is 0 Å². The van der Waals surface area contributed by atoms with Gasteiger partial charge in [0.25, 0.3) is 0 Å². The molecule has 0 saturated carbocycles. The Balaban J connectivity index is 1.90. The zero-order chi connectivity index (χ0) is 16.0. The van der Waals surface area contributed by atoms with Crippen LogP contribution in [0, 0.1) is 0 Å². The lowest BCUT2D eigenvalue weighted by Crippen LogP contribution is -2.32. The van der Waals surface area contributed by atoms with Gasteiger partial charge in [0.1, 0.15) is 0 Å². The number of aromatic nitrogens is 1. The Hall–Kier alpha value is -1.76. The van der Waals surface area contributed by atoms with Gasteiger partial charge in [-0.1, -0.05) is 30.3 Å². The fourth-order valence-corrected chi connectivity index (χ4v) is 2.61. The van der Waals surface area contributed by atoms with Crippen LogP contribution in [0.3, 0.4) is 0 Å². The molecule has 0 spiro atoms. The maximum absolute atomic E-state index is 11.0. The monoisotopic (exact) mass is 319 g/mol. The molecule has 0 aliphatic rings. The predicted octanol–water partition coefficient (Wildman–Crippen LogP) is 1.95. The molecule has 0 aliphatic heterocycles. The van der Waals surface area contributed by atoms with Crippen molar-refractivity contribution in [2.24, 2.45) is 0 Å². The fourth-order valence-electron chi connectivity index (χ4n) is 2.14. The Morgan fingerprint density at radius 3 is 2.41 bits per heavy atom. The van der Waals surface area contributed by atoms with E-state index < -0.39 is 10.0 Å². The molecule has 2 N–H and O–H groups in total. The standard InChI is InChI=1S/C16H21N3O2S/c1-13(18-10-11-19-22(2,20)21)14-5-7-15(8-6-14)16-4-3-9-17-12-16/h3-9,12-13,18-19H,10-11H2,1-2H3/t13-/m1/s1. The number of sulfonamides is 1. The summed E-state index contributed by atoms with van der Waals surface area (Å²) in [6.07, 6.45) is 4.76. The van der Waals surface area contributed by atoms with Crippen molar-refractivity contribution in [1.29, 1.82) is 0 Å². The molecule has 2 rings (SSSR count). The van der Waals surface area contributed by atoms with Gasteiger partial charge in [0.05, 0.1) is 6.26 Å². The molecule has 0 aliphatic carbocycles. The average molecular weight is 319 g/mol. The molecule has 1 atom stereocenters. The molecular weight excluding hydrogens is 298 g/mol. The number of benzene rings is 1. The Morgan fingerprint density at radius 1 is 1.09 bits per heavy atom. The molecule has 2 aromatic rings. The van der Waals surface area contributed by atoms with E-state index in [9.17, 15) is 8.42 Å². The van der Waals surface area contributed by atoms with Crippen LogP contribution in [0.5, 0.6) is 0 Å². The van der Waals surface area contributed by atoms with Crippen LogP contribution in [0.4, 0.5) is 0 Å². The highest BCUT2D eigenvalue weighted by Gasteiger charge is 2.06. The molecule has 1 aromatic heterocycles. The first kappa shape index (κ1) is 16.6. The molecule has 0 amide bonds. The fraction of sp³-hybridized carbons (Fsp3) is 0.312. The summed E-state index contributed by atoms with van der Waals surface area (Å²) >= 11 is 0. The lowest BCUT2D eigenvalue weighted by atomic mass is 10.0. The zero-order valence-electron chi connectivity index (χ0n) is 12.8. The number of hydrogen-bond donors (Lipinski definition) is 2. The molecule has 0 saturated heterocycles. The SMILES string of the molecule is C[C@@H](NCCNS(C)(=O)=O)c1ccc(-c2cccnc2)cc1. The smallest absolute Gasteiger partial charge is 0.208 e. The number of rotatable bonds is 7. The minimum absolute atomic E-state index is 0.157. The van der Waals surface area contributed by atoms with E-state index in [4.69, 9.17) is 0 Å². The highest BCUT2D eigenvalue weighted by molar-refractivity contribution is 7.88. The van der Waals surface area contributed by atoms with Gasteiger partial charge in [0, 0.05) is 31.5 Å². The molecule has 5 nitrogen and oxygen atoms in total. The number of nitrogens with zero attached hydrogens (tertiary/aromatic N) is 1. The molecule has 6 heteroatoms. The average Bonchev–Trinajstić information content (AvgIpc) is 2.51. The van der Waals surface area contributed by atoms with Gasteiger partial charge in [-0.15, -0.1) is 0 Å². The third kappa shape index (κ3) is 5.22. The van der Waals surface area contributed by atoms with Crippen molar-refractivity contribution >= 4 is 10.0 Å². The first-order chi connectivity index (χ1) is 10.5. The normalized spacial score (nSPS) is 13.0. The highest BCUT2D eigenvalue weighted by Crippen LogP contribution is 2.20. The van der Waals surface area contributed by atoms with Crippen LogP contribution in [-0.4, -0.2) is 32.7 Å². The minimum atomic E-state index is -3.12. The predicted molar refractivity (Wildman–Crippen MR) is 88.9 cm³/mol. The Labute approximate surface area is 131 Å². The summed E-state index contributed by atoms with van der Waals surface area (Å²) in [5.74, 6) is 0. The van der Waals surface area contributed by atoms with Gasteiger partial charge in [-0.05, 0) is 29.7 Å². The largest absolute Gasteiger partial charge is 0.309 e. The first-order valence-electron chi connectivity index (χ1n) is 7.14. The number of nitrogens with one attached hydrogen (secondary N) is 2. The lowest BCUT2D eigenvalue weighted by Gasteiger charge is -2.15. The number of pyridine rings is 1. The molecule has 0 radical (unpaired) electrons. The second kappa shape index (κ2) is 7.49. The van der Waals surface area contributed by atoms with Gasteiger partial charge in [-0.3, -0.25) is 4.98 Å². The molecule has 0 fully saturated rings. The Morgan fingerprint density at radius 2 is 1.82 bits per heavy atom. The summed E-state index contributed by atoms with van der Waals surface area (Å²) < 4.78 is 24.4. The second-order valence-electron chi connectivity index (χ2n) is 5.21. The van der Waals surface area contributed by atoms with E-state index in [0.717, 1.165) is 22.9 Å². The molecule has 0 bridgehead atoms. The van der Waals surface area contributed by atoms with E-state index in [1.807, 2.05) is 18.3 Å². The van der Waals surface area contributed by atoms with E-state index in [-0.39, 0.29) is 6.04 Å². The van der Waals surface area contributed by atoms with Crippen molar-refractivity contribution in [2.45, 2.75) is 13.0 Å². The van der Waals surface area contributed by atoms with Gasteiger partial charge >= 0.3 is 0 Å². The third-order valence-corrected chi connectivity index (χ3v) is 4.07. The van der Waals surface area contributed by atoms with Crippen molar-refractivity contribution in [3.05, 3.63) is 54.4 Å². The third-order valence-electron chi connectivity index (χ3n) is 3.35. The summed E-state index contributed by atoms with van der Waals surface area (Å²) in [6, 6.07) is 12.4. The van der Waals surface area contributed by atoms with Gasteiger partial charge < -0.3 is 5.32 Å². The van der Waals surface area contributed by atoms with Crippen LogP contribution in [0.25, 0.3) is 11.1 Å². The van der Waals surface area contributed by atoms with Crippen LogP contribution in [-0.2, 0) is 10.0 Å². The second-order valence-corrected chi connectivity index (χ2v) is 7.04. The van der Waals surface area contributed by atoms with Crippen molar-refractivity contribution in [3.63, 3.8) is 0 Å². The highest BCUT2D eigenvalue weighted by atomic mass is 32.2. The van der Waals surface area contributed by atoms with E-state index in [1.54, 1.807) is 6.20 Å². The van der Waals surface area contributed by atoms with Gasteiger partial charge in [-0.25, -0.2) is 13.1 Å². The quantitative estimate of drug-likeness (QED) is 0.765. The number of hydrogen-bond acceptors (Lipinski definition) is 4. The molecule has 118 valence electrons. The topological polar surface area (TPSA) is 71.1 Å². The summed E-state index contributed by atoms with van der Waals surface area (Å²) in [4.78, 5) is 4.12. The van der Waals surface area contributed by atoms with Gasteiger partial charge in [0.2, 0.25) is 10.0 Å². The van der Waals surface area contributed by atoms with Crippen molar-refractivity contribution in [1.82, 2.24) is 15.0 Å². The molecule has 22 heavy (non-hydrogen) atoms. The summed E-state index contributed by atoms with van der Waals surface area (Å²) in [6.45, 7) is 3.02. The van der Waals surface area contributed by atoms with Crippen LogP contribution in [0.2, 0.25) is 0 Å². The van der Waals surface area contributed by atoms with Crippen LogP contribution >= 0.6 is 0 Å². The minimum Gasteiger partial charge on any atom is -0.309 e. The van der Waals surface area contributed by atoms with E-state index in [1.165, 1.54) is 0 Å². The Kier molecular flexibility index (Phi) is 5.65. The van der Waals surface area contributed by atoms with E-state index in [0.29, 0.717) is 13.1 Å². The maximum atomic E-state index is 11.0. The van der Waals surface area contributed by atoms with Crippen LogP contribution in [0.15, 0.2) is 48.8 Å². The van der Waals surface area contributed by atoms with Gasteiger partial charge in [-0.2, -0.15) is 0 Å². The summed E-state index contributed by atoms with van der Waals surface area (Å²) in [7, 11) is -3.12. The summed E-state index contributed by atoms with van der Waals surface area (Å²) in [5, 5.41) is 3.29.